The summed E-state index contributed by atoms with van der Waals surface area (Å²) >= 11 is 5.93. The van der Waals surface area contributed by atoms with E-state index in [2.05, 4.69) is 29.4 Å². The van der Waals surface area contributed by atoms with Crippen LogP contribution >= 0.6 is 11.6 Å². The van der Waals surface area contributed by atoms with E-state index in [0.717, 1.165) is 29.7 Å². The minimum absolute atomic E-state index is 0.0453. The average Bonchev–Trinajstić information content (AvgIpc) is 2.94. The summed E-state index contributed by atoms with van der Waals surface area (Å²) in [5, 5.41) is 6.22. The SMILES string of the molecule is CCCNC(c1ccc(Cl)o1)c1cncc2ccccc12. The topological polar surface area (TPSA) is 38.1 Å². The molecule has 0 fully saturated rings. The number of benzene rings is 1. The number of hydrogen-bond donors (Lipinski definition) is 1. The molecule has 0 radical (unpaired) electrons. The van der Waals surface area contributed by atoms with Gasteiger partial charge in [-0.1, -0.05) is 31.2 Å². The van der Waals surface area contributed by atoms with Gasteiger partial charge in [-0.15, -0.1) is 0 Å². The molecule has 0 saturated carbocycles. The maximum Gasteiger partial charge on any atom is 0.193 e. The number of halogens is 1. The average molecular weight is 301 g/mol. The largest absolute Gasteiger partial charge is 0.448 e. The lowest BCUT2D eigenvalue weighted by atomic mass is 10.00. The number of fused-ring (bicyclic) bond motifs is 1. The molecule has 2 aromatic heterocycles. The molecule has 0 amide bonds. The molecule has 4 heteroatoms. The van der Waals surface area contributed by atoms with E-state index in [9.17, 15) is 0 Å². The van der Waals surface area contributed by atoms with Gasteiger partial charge in [0.15, 0.2) is 5.22 Å². The first kappa shape index (κ1) is 14.1. The highest BCUT2D eigenvalue weighted by atomic mass is 35.5. The maximum atomic E-state index is 5.93. The van der Waals surface area contributed by atoms with Crippen molar-refractivity contribution in [1.82, 2.24) is 10.3 Å². The van der Waals surface area contributed by atoms with Gasteiger partial charge in [0.05, 0.1) is 6.04 Å². The molecule has 3 aromatic rings. The van der Waals surface area contributed by atoms with E-state index in [4.69, 9.17) is 16.0 Å². The Morgan fingerprint density at radius 2 is 2.05 bits per heavy atom. The maximum absolute atomic E-state index is 5.93. The molecule has 1 aromatic carbocycles. The Morgan fingerprint density at radius 1 is 1.19 bits per heavy atom. The van der Waals surface area contributed by atoms with Crippen LogP contribution in [0.15, 0.2) is 53.2 Å². The predicted molar refractivity (Wildman–Crippen MR) is 85.6 cm³/mol. The molecular weight excluding hydrogens is 284 g/mol. The summed E-state index contributed by atoms with van der Waals surface area (Å²) in [5.74, 6) is 0.812. The van der Waals surface area contributed by atoms with Crippen molar-refractivity contribution >= 4 is 22.4 Å². The van der Waals surface area contributed by atoms with Crippen LogP contribution in [-0.4, -0.2) is 11.5 Å². The summed E-state index contributed by atoms with van der Waals surface area (Å²) < 4.78 is 5.62. The molecule has 2 heterocycles. The normalized spacial score (nSPS) is 12.7. The standard InChI is InChI=1S/C17H17ClN2O/c1-2-9-20-17(15-7-8-16(18)21-15)14-11-19-10-12-5-3-4-6-13(12)14/h3-8,10-11,17,20H,2,9H2,1H3. The number of rotatable bonds is 5. The summed E-state index contributed by atoms with van der Waals surface area (Å²) in [6, 6.07) is 11.9. The molecule has 1 atom stereocenters. The third-order valence-corrected chi connectivity index (χ3v) is 3.69. The predicted octanol–water partition coefficient (Wildman–Crippen LogP) is 4.57. The van der Waals surface area contributed by atoms with Crippen LogP contribution in [0.4, 0.5) is 0 Å². The third-order valence-electron chi connectivity index (χ3n) is 3.49. The minimum atomic E-state index is -0.0453. The Balaban J connectivity index is 2.09. The zero-order valence-corrected chi connectivity index (χ0v) is 12.6. The van der Waals surface area contributed by atoms with Crippen molar-refractivity contribution in [3.05, 3.63) is 65.3 Å². The lowest BCUT2D eigenvalue weighted by molar-refractivity contribution is 0.449. The molecule has 108 valence electrons. The highest BCUT2D eigenvalue weighted by Crippen LogP contribution is 2.30. The molecule has 0 aliphatic carbocycles. The van der Waals surface area contributed by atoms with Crippen LogP contribution in [0.1, 0.15) is 30.7 Å². The Morgan fingerprint density at radius 3 is 2.81 bits per heavy atom. The second kappa shape index (κ2) is 6.29. The van der Waals surface area contributed by atoms with Gasteiger partial charge in [-0.05, 0) is 42.1 Å². The molecule has 0 saturated heterocycles. The van der Waals surface area contributed by atoms with Crippen LogP contribution in [0, 0.1) is 0 Å². The van der Waals surface area contributed by atoms with Crippen molar-refractivity contribution in [2.45, 2.75) is 19.4 Å². The molecule has 21 heavy (non-hydrogen) atoms. The van der Waals surface area contributed by atoms with Gasteiger partial charge >= 0.3 is 0 Å². The summed E-state index contributed by atoms with van der Waals surface area (Å²) in [5.41, 5.74) is 1.10. The Bertz CT molecular complexity index is 733. The molecule has 3 nitrogen and oxygen atoms in total. The van der Waals surface area contributed by atoms with E-state index in [-0.39, 0.29) is 6.04 Å². The smallest absolute Gasteiger partial charge is 0.193 e. The van der Waals surface area contributed by atoms with Gasteiger partial charge in [-0.2, -0.15) is 0 Å². The quantitative estimate of drug-likeness (QED) is 0.750. The summed E-state index contributed by atoms with van der Waals surface area (Å²) in [6.07, 6.45) is 4.82. The summed E-state index contributed by atoms with van der Waals surface area (Å²) in [6.45, 7) is 3.03. The van der Waals surface area contributed by atoms with Crippen molar-refractivity contribution in [1.29, 1.82) is 0 Å². The van der Waals surface area contributed by atoms with Crippen LogP contribution in [0.3, 0.4) is 0 Å². The van der Waals surface area contributed by atoms with Gasteiger partial charge in [0.1, 0.15) is 5.76 Å². The third kappa shape index (κ3) is 2.94. The minimum Gasteiger partial charge on any atom is -0.448 e. The van der Waals surface area contributed by atoms with E-state index < -0.39 is 0 Å². The van der Waals surface area contributed by atoms with Crippen LogP contribution in [0.25, 0.3) is 10.8 Å². The fourth-order valence-electron chi connectivity index (χ4n) is 2.51. The van der Waals surface area contributed by atoms with Crippen LogP contribution in [0.5, 0.6) is 0 Å². The van der Waals surface area contributed by atoms with E-state index in [1.807, 2.05) is 30.6 Å². The van der Waals surface area contributed by atoms with Crippen LogP contribution in [-0.2, 0) is 0 Å². The van der Waals surface area contributed by atoms with E-state index >= 15 is 0 Å². The molecule has 0 spiro atoms. The van der Waals surface area contributed by atoms with E-state index in [1.54, 1.807) is 6.07 Å². The zero-order chi connectivity index (χ0) is 14.7. The first-order valence-electron chi connectivity index (χ1n) is 7.11. The number of pyridine rings is 1. The van der Waals surface area contributed by atoms with Gasteiger partial charge < -0.3 is 9.73 Å². The van der Waals surface area contributed by atoms with Crippen molar-refractivity contribution in [2.75, 3.05) is 6.54 Å². The molecule has 1 unspecified atom stereocenters. The monoisotopic (exact) mass is 300 g/mol. The van der Waals surface area contributed by atoms with Crippen LogP contribution in [0.2, 0.25) is 5.22 Å². The number of furan rings is 1. The first-order chi connectivity index (χ1) is 10.3. The zero-order valence-electron chi connectivity index (χ0n) is 11.8. The van der Waals surface area contributed by atoms with Crippen molar-refractivity contribution in [3.8, 4) is 0 Å². The molecule has 0 aliphatic heterocycles. The lowest BCUT2D eigenvalue weighted by Gasteiger charge is -2.18. The van der Waals surface area contributed by atoms with E-state index in [0.29, 0.717) is 5.22 Å². The molecule has 0 aliphatic rings. The summed E-state index contributed by atoms with van der Waals surface area (Å²) in [4.78, 5) is 4.36. The van der Waals surface area contributed by atoms with Crippen molar-refractivity contribution in [3.63, 3.8) is 0 Å². The Hall–Kier alpha value is -1.84. The molecule has 0 bridgehead atoms. The fourth-order valence-corrected chi connectivity index (χ4v) is 2.66. The number of nitrogens with one attached hydrogen (secondary N) is 1. The lowest BCUT2D eigenvalue weighted by Crippen LogP contribution is -2.23. The number of nitrogens with zero attached hydrogens (tertiary/aromatic N) is 1. The van der Waals surface area contributed by atoms with E-state index in [1.165, 1.54) is 5.39 Å². The first-order valence-corrected chi connectivity index (χ1v) is 7.48. The van der Waals surface area contributed by atoms with Gasteiger partial charge in [0, 0.05) is 23.3 Å². The fraction of sp³-hybridized carbons (Fsp3) is 0.235. The Labute approximate surface area is 128 Å². The van der Waals surface area contributed by atoms with Gasteiger partial charge in [0.2, 0.25) is 0 Å². The van der Waals surface area contributed by atoms with Gasteiger partial charge in [0.25, 0.3) is 0 Å². The highest BCUT2D eigenvalue weighted by Gasteiger charge is 2.19. The molecule has 1 N–H and O–H groups in total. The second-order valence-corrected chi connectivity index (χ2v) is 5.35. The Kier molecular flexibility index (Phi) is 4.23. The van der Waals surface area contributed by atoms with Crippen molar-refractivity contribution in [2.24, 2.45) is 0 Å². The van der Waals surface area contributed by atoms with Crippen LogP contribution < -0.4 is 5.32 Å². The van der Waals surface area contributed by atoms with Gasteiger partial charge in [-0.25, -0.2) is 0 Å². The molecule has 3 rings (SSSR count). The summed E-state index contributed by atoms with van der Waals surface area (Å²) in [7, 11) is 0. The number of aromatic nitrogens is 1. The highest BCUT2D eigenvalue weighted by molar-refractivity contribution is 6.28. The molecular formula is C17H17ClN2O. The second-order valence-electron chi connectivity index (χ2n) is 4.98. The van der Waals surface area contributed by atoms with Crippen molar-refractivity contribution < 1.29 is 4.42 Å². The van der Waals surface area contributed by atoms with Gasteiger partial charge in [-0.3, -0.25) is 4.98 Å². The number of hydrogen-bond acceptors (Lipinski definition) is 3.